The molecule has 0 aliphatic heterocycles. The van der Waals surface area contributed by atoms with Gasteiger partial charge in [0.2, 0.25) is 0 Å². The van der Waals surface area contributed by atoms with Crippen LogP contribution in [0.3, 0.4) is 0 Å². The molecule has 0 unspecified atom stereocenters. The van der Waals surface area contributed by atoms with Crippen molar-refractivity contribution in [3.63, 3.8) is 0 Å². The zero-order valence-electron chi connectivity index (χ0n) is 16.1. The van der Waals surface area contributed by atoms with Gasteiger partial charge in [-0.25, -0.2) is 0 Å². The van der Waals surface area contributed by atoms with E-state index in [9.17, 15) is 0 Å². The molecule has 2 heteroatoms. The molecular formula is C27H22NP. The van der Waals surface area contributed by atoms with Crippen molar-refractivity contribution in [2.24, 2.45) is 4.74 Å². The summed E-state index contributed by atoms with van der Waals surface area (Å²) in [6, 6.07) is 41.1. The van der Waals surface area contributed by atoms with E-state index in [2.05, 4.69) is 121 Å². The fraction of sp³-hybridized carbons (Fsp3) is 0.0370. The fourth-order valence-corrected chi connectivity index (χ4v) is 7.64. The van der Waals surface area contributed by atoms with Gasteiger partial charge in [0.1, 0.15) is 0 Å². The maximum Gasteiger partial charge on any atom is 0.0664 e. The summed E-state index contributed by atoms with van der Waals surface area (Å²) >= 11 is 0. The molecule has 0 spiro atoms. The molecule has 0 fully saturated rings. The lowest BCUT2D eigenvalue weighted by atomic mass is 10.1. The van der Waals surface area contributed by atoms with Crippen LogP contribution in [0, 0.1) is 0 Å². The lowest BCUT2D eigenvalue weighted by molar-refractivity contribution is 1.31. The Morgan fingerprint density at radius 1 is 0.517 bits per heavy atom. The SMILES string of the molecule is C1=C(N=P(c2ccccc2)(c2ccccc2)c2ccccc2)c2ccccc2C1. The second-order valence-corrected chi connectivity index (χ2v) is 10.2. The van der Waals surface area contributed by atoms with E-state index in [1.807, 2.05) is 0 Å². The number of hydrogen-bond donors (Lipinski definition) is 0. The summed E-state index contributed by atoms with van der Waals surface area (Å²) in [4.78, 5) is 0. The molecule has 4 aromatic rings. The van der Waals surface area contributed by atoms with Crippen LogP contribution in [0.5, 0.6) is 0 Å². The first-order valence-electron chi connectivity index (χ1n) is 9.95. The minimum atomic E-state index is -2.20. The predicted octanol–water partition coefficient (Wildman–Crippen LogP) is 5.76. The standard InChI is InChI=1S/C27H22NP/c1-4-13-23(14-5-1)29(24-15-6-2-7-16-24,25-17-8-3-9-18-25)28-27-21-20-22-12-10-11-19-26(22)27/h1-19,21H,20H2. The molecule has 0 atom stereocenters. The highest BCUT2D eigenvalue weighted by molar-refractivity contribution is 7.87. The highest BCUT2D eigenvalue weighted by Gasteiger charge is 2.28. The van der Waals surface area contributed by atoms with Gasteiger partial charge in [-0.05, 0) is 12.0 Å². The van der Waals surface area contributed by atoms with Crippen LogP contribution in [-0.4, -0.2) is 0 Å². The maximum absolute atomic E-state index is 5.63. The van der Waals surface area contributed by atoms with Gasteiger partial charge in [0.25, 0.3) is 0 Å². The van der Waals surface area contributed by atoms with Gasteiger partial charge in [-0.2, -0.15) is 0 Å². The van der Waals surface area contributed by atoms with Crippen LogP contribution in [0.2, 0.25) is 0 Å². The van der Waals surface area contributed by atoms with Gasteiger partial charge in [-0.15, -0.1) is 0 Å². The lowest BCUT2D eigenvalue weighted by Crippen LogP contribution is -2.25. The van der Waals surface area contributed by atoms with E-state index >= 15 is 0 Å². The lowest BCUT2D eigenvalue weighted by Gasteiger charge is -2.27. The molecule has 1 aliphatic carbocycles. The van der Waals surface area contributed by atoms with Gasteiger partial charge in [0, 0.05) is 21.5 Å². The second kappa shape index (κ2) is 7.70. The van der Waals surface area contributed by atoms with Crippen LogP contribution in [0.15, 0.2) is 126 Å². The van der Waals surface area contributed by atoms with Crippen LogP contribution in [0.25, 0.3) is 5.70 Å². The molecule has 0 N–H and O–H groups in total. The van der Waals surface area contributed by atoms with Crippen LogP contribution in [0.4, 0.5) is 0 Å². The van der Waals surface area contributed by atoms with Crippen molar-refractivity contribution >= 4 is 28.7 Å². The minimum Gasteiger partial charge on any atom is -0.254 e. The second-order valence-electron chi connectivity index (χ2n) is 7.19. The number of hydrogen-bond acceptors (Lipinski definition) is 1. The topological polar surface area (TPSA) is 12.4 Å². The zero-order chi connectivity index (χ0) is 19.5. The summed E-state index contributed by atoms with van der Waals surface area (Å²) in [7, 11) is -2.20. The molecule has 0 saturated heterocycles. The first kappa shape index (κ1) is 17.9. The molecule has 0 radical (unpaired) electrons. The largest absolute Gasteiger partial charge is 0.254 e. The smallest absolute Gasteiger partial charge is 0.0664 e. The zero-order valence-corrected chi connectivity index (χ0v) is 17.0. The van der Waals surface area contributed by atoms with E-state index in [0.717, 1.165) is 12.1 Å². The Hall–Kier alpha value is -3.15. The molecule has 140 valence electrons. The first-order chi connectivity index (χ1) is 14.4. The summed E-state index contributed by atoms with van der Waals surface area (Å²) in [6.07, 6.45) is 3.24. The van der Waals surface area contributed by atoms with Crippen LogP contribution >= 0.6 is 7.05 Å². The van der Waals surface area contributed by atoms with E-state index in [4.69, 9.17) is 4.74 Å². The number of benzene rings is 4. The van der Waals surface area contributed by atoms with Crippen molar-refractivity contribution in [1.29, 1.82) is 0 Å². The molecule has 29 heavy (non-hydrogen) atoms. The van der Waals surface area contributed by atoms with Gasteiger partial charge < -0.3 is 0 Å². The molecule has 0 aromatic heterocycles. The average molecular weight is 391 g/mol. The molecule has 4 aromatic carbocycles. The van der Waals surface area contributed by atoms with Gasteiger partial charge in [0.05, 0.1) is 12.8 Å². The quantitative estimate of drug-likeness (QED) is 0.392. The van der Waals surface area contributed by atoms with Crippen molar-refractivity contribution in [2.75, 3.05) is 0 Å². The van der Waals surface area contributed by atoms with E-state index in [-0.39, 0.29) is 0 Å². The normalized spacial score (nSPS) is 12.9. The predicted molar refractivity (Wildman–Crippen MR) is 126 cm³/mol. The maximum atomic E-state index is 5.63. The monoisotopic (exact) mass is 391 g/mol. The van der Waals surface area contributed by atoms with Gasteiger partial charge >= 0.3 is 0 Å². The molecule has 0 heterocycles. The number of fused-ring (bicyclic) bond motifs is 1. The average Bonchev–Trinajstić information content (AvgIpc) is 3.22. The number of allylic oxidation sites excluding steroid dienone is 1. The molecule has 5 rings (SSSR count). The summed E-state index contributed by atoms with van der Waals surface area (Å²) in [5.74, 6) is 0. The van der Waals surface area contributed by atoms with Crippen LogP contribution in [-0.2, 0) is 6.42 Å². The highest BCUT2D eigenvalue weighted by Crippen LogP contribution is 2.50. The van der Waals surface area contributed by atoms with E-state index < -0.39 is 7.05 Å². The van der Waals surface area contributed by atoms with E-state index in [0.29, 0.717) is 0 Å². The van der Waals surface area contributed by atoms with Crippen molar-refractivity contribution in [2.45, 2.75) is 6.42 Å². The summed E-state index contributed by atoms with van der Waals surface area (Å²) in [5, 5.41) is 3.84. The Kier molecular flexibility index (Phi) is 4.76. The third kappa shape index (κ3) is 3.18. The van der Waals surface area contributed by atoms with Gasteiger partial charge in [-0.3, -0.25) is 4.74 Å². The summed E-state index contributed by atoms with van der Waals surface area (Å²) in [6.45, 7) is 0. The van der Waals surface area contributed by atoms with E-state index in [1.54, 1.807) is 0 Å². The van der Waals surface area contributed by atoms with Gasteiger partial charge in [-0.1, -0.05) is 121 Å². The molecule has 0 bridgehead atoms. The molecule has 1 aliphatic rings. The van der Waals surface area contributed by atoms with Crippen molar-refractivity contribution < 1.29 is 0 Å². The Bertz CT molecular complexity index is 1110. The molecule has 1 nitrogen and oxygen atoms in total. The summed E-state index contributed by atoms with van der Waals surface area (Å²) < 4.78 is 5.63. The Morgan fingerprint density at radius 3 is 1.48 bits per heavy atom. The Morgan fingerprint density at radius 2 is 0.966 bits per heavy atom. The number of rotatable bonds is 4. The minimum absolute atomic E-state index is 0.952. The van der Waals surface area contributed by atoms with E-state index in [1.165, 1.54) is 27.0 Å². The van der Waals surface area contributed by atoms with Crippen molar-refractivity contribution in [1.82, 2.24) is 0 Å². The van der Waals surface area contributed by atoms with Crippen molar-refractivity contribution in [3.8, 4) is 0 Å². The highest BCUT2D eigenvalue weighted by atomic mass is 31.2. The Labute approximate surface area is 172 Å². The summed E-state index contributed by atoms with van der Waals surface area (Å²) in [5.41, 5.74) is 3.74. The van der Waals surface area contributed by atoms with Gasteiger partial charge in [0.15, 0.2) is 0 Å². The van der Waals surface area contributed by atoms with Crippen LogP contribution < -0.4 is 15.9 Å². The molecule has 0 saturated carbocycles. The first-order valence-corrected chi connectivity index (χ1v) is 11.7. The number of nitrogens with zero attached hydrogens (tertiary/aromatic N) is 1. The third-order valence-corrected chi connectivity index (χ3v) is 9.11. The van der Waals surface area contributed by atoms with Crippen molar-refractivity contribution in [3.05, 3.63) is 132 Å². The third-order valence-electron chi connectivity index (χ3n) is 5.46. The Balaban J connectivity index is 1.87. The molecule has 0 amide bonds. The fourth-order valence-electron chi connectivity index (χ4n) is 4.07. The van der Waals surface area contributed by atoms with Crippen LogP contribution in [0.1, 0.15) is 11.1 Å². The molecular weight excluding hydrogens is 369 g/mol.